The lowest BCUT2D eigenvalue weighted by molar-refractivity contribution is 0.187. The Balaban J connectivity index is 1.85. The number of aliphatic imine (C=N–C) groups is 1. The van der Waals surface area contributed by atoms with Gasteiger partial charge in [0.05, 0.1) is 26.9 Å². The fourth-order valence-corrected chi connectivity index (χ4v) is 2.96. The van der Waals surface area contributed by atoms with Crippen LogP contribution >= 0.6 is 0 Å². The Bertz CT molecular complexity index is 745. The number of hydrogen-bond acceptors (Lipinski definition) is 4. The van der Waals surface area contributed by atoms with Crippen LogP contribution in [0, 0.1) is 0 Å². The zero-order valence-corrected chi connectivity index (χ0v) is 17.8. The fraction of sp³-hybridized carbons (Fsp3) is 0.435. The van der Waals surface area contributed by atoms with Gasteiger partial charge in [-0.1, -0.05) is 31.2 Å². The van der Waals surface area contributed by atoms with Crippen LogP contribution in [0.1, 0.15) is 43.4 Å². The van der Waals surface area contributed by atoms with Gasteiger partial charge in [-0.2, -0.15) is 0 Å². The van der Waals surface area contributed by atoms with Crippen molar-refractivity contribution in [1.29, 1.82) is 0 Å². The van der Waals surface area contributed by atoms with E-state index in [1.165, 1.54) is 5.56 Å². The predicted molar refractivity (Wildman–Crippen MR) is 118 cm³/mol. The molecule has 0 radical (unpaired) electrons. The molecule has 0 fully saturated rings. The molecule has 0 heterocycles. The second-order valence-corrected chi connectivity index (χ2v) is 6.90. The highest BCUT2D eigenvalue weighted by atomic mass is 16.5. The van der Waals surface area contributed by atoms with E-state index in [-0.39, 0.29) is 6.54 Å². The van der Waals surface area contributed by atoms with Gasteiger partial charge in [0.25, 0.3) is 0 Å². The van der Waals surface area contributed by atoms with E-state index >= 15 is 0 Å². The maximum absolute atomic E-state index is 10.4. The number of aliphatic hydroxyl groups excluding tert-OH is 1. The summed E-state index contributed by atoms with van der Waals surface area (Å²) in [6, 6.07) is 15.6. The van der Waals surface area contributed by atoms with Gasteiger partial charge in [-0.3, -0.25) is 4.99 Å². The summed E-state index contributed by atoms with van der Waals surface area (Å²) in [7, 11) is 3.30. The van der Waals surface area contributed by atoms with Crippen LogP contribution in [0.2, 0.25) is 0 Å². The van der Waals surface area contributed by atoms with E-state index in [2.05, 4.69) is 34.7 Å². The average Bonchev–Trinajstić information content (AvgIpc) is 2.77. The minimum absolute atomic E-state index is 0.287. The quantitative estimate of drug-likeness (QED) is 0.421. The molecule has 0 spiro atoms. The normalized spacial score (nSPS) is 13.5. The number of methoxy groups -OCH3 is 2. The second-order valence-electron chi connectivity index (χ2n) is 6.90. The van der Waals surface area contributed by atoms with E-state index in [0.717, 1.165) is 36.6 Å². The number of rotatable bonds is 10. The summed E-state index contributed by atoms with van der Waals surface area (Å²) in [5.41, 5.74) is 2.10. The van der Waals surface area contributed by atoms with Crippen molar-refractivity contribution >= 4 is 5.96 Å². The lowest BCUT2D eigenvalue weighted by Gasteiger charge is -2.16. The standard InChI is InChI=1S/C23H33N3O3/c1-5-24-23(26-16-22(27)19-8-12-21(29-4)13-9-19)25-15-14-17(2)18-6-10-20(28-3)11-7-18/h6-13,17,22,27H,5,14-16H2,1-4H3,(H2,24,25,26). The van der Waals surface area contributed by atoms with Crippen molar-refractivity contribution in [3.05, 3.63) is 59.7 Å². The summed E-state index contributed by atoms with van der Waals surface area (Å²) in [5.74, 6) is 2.77. The van der Waals surface area contributed by atoms with E-state index < -0.39 is 6.10 Å². The molecule has 2 unspecified atom stereocenters. The molecule has 0 aliphatic rings. The average molecular weight is 400 g/mol. The monoisotopic (exact) mass is 399 g/mol. The summed E-state index contributed by atoms with van der Waals surface area (Å²) < 4.78 is 10.4. The van der Waals surface area contributed by atoms with Crippen LogP contribution in [0.15, 0.2) is 53.5 Å². The lowest BCUT2D eigenvalue weighted by atomic mass is 9.98. The molecule has 2 atom stereocenters. The SMILES string of the molecule is CCNC(=NCC(O)c1ccc(OC)cc1)NCCC(C)c1ccc(OC)cc1. The van der Waals surface area contributed by atoms with E-state index in [1.807, 2.05) is 43.3 Å². The Morgan fingerprint density at radius 2 is 1.48 bits per heavy atom. The highest BCUT2D eigenvalue weighted by Crippen LogP contribution is 2.21. The van der Waals surface area contributed by atoms with Crippen LogP contribution in [0.4, 0.5) is 0 Å². The number of ether oxygens (including phenoxy) is 2. The van der Waals surface area contributed by atoms with Crippen molar-refractivity contribution in [2.24, 2.45) is 4.99 Å². The van der Waals surface area contributed by atoms with Gasteiger partial charge in [0.15, 0.2) is 5.96 Å². The van der Waals surface area contributed by atoms with Crippen molar-refractivity contribution in [2.75, 3.05) is 33.9 Å². The van der Waals surface area contributed by atoms with Crippen molar-refractivity contribution < 1.29 is 14.6 Å². The molecule has 158 valence electrons. The van der Waals surface area contributed by atoms with Crippen LogP contribution in [-0.2, 0) is 0 Å². The molecule has 29 heavy (non-hydrogen) atoms. The number of nitrogens with one attached hydrogen (secondary N) is 2. The summed E-state index contributed by atoms with van der Waals surface area (Å²) >= 11 is 0. The Hall–Kier alpha value is -2.73. The van der Waals surface area contributed by atoms with Gasteiger partial charge in [-0.15, -0.1) is 0 Å². The Morgan fingerprint density at radius 1 is 0.931 bits per heavy atom. The summed E-state index contributed by atoms with van der Waals surface area (Å²) in [4.78, 5) is 4.52. The molecule has 6 heteroatoms. The molecule has 0 aliphatic heterocycles. The van der Waals surface area contributed by atoms with Crippen LogP contribution in [0.5, 0.6) is 11.5 Å². The van der Waals surface area contributed by atoms with Gasteiger partial charge in [0.2, 0.25) is 0 Å². The molecule has 2 aromatic carbocycles. The van der Waals surface area contributed by atoms with Gasteiger partial charge in [-0.25, -0.2) is 0 Å². The topological polar surface area (TPSA) is 75.1 Å². The number of benzene rings is 2. The third-order valence-electron chi connectivity index (χ3n) is 4.82. The number of aliphatic hydroxyl groups is 1. The molecule has 0 aliphatic carbocycles. The van der Waals surface area contributed by atoms with Crippen LogP contribution < -0.4 is 20.1 Å². The molecule has 2 rings (SSSR count). The van der Waals surface area contributed by atoms with Gasteiger partial charge < -0.3 is 25.2 Å². The molecule has 3 N–H and O–H groups in total. The third-order valence-corrected chi connectivity index (χ3v) is 4.82. The van der Waals surface area contributed by atoms with Gasteiger partial charge >= 0.3 is 0 Å². The Morgan fingerprint density at radius 3 is 2.00 bits per heavy atom. The fourth-order valence-electron chi connectivity index (χ4n) is 2.96. The smallest absolute Gasteiger partial charge is 0.191 e. The lowest BCUT2D eigenvalue weighted by Crippen LogP contribution is -2.38. The number of hydrogen-bond donors (Lipinski definition) is 3. The van der Waals surface area contributed by atoms with Crippen LogP contribution in [0.25, 0.3) is 0 Å². The van der Waals surface area contributed by atoms with Gasteiger partial charge in [0, 0.05) is 13.1 Å². The largest absolute Gasteiger partial charge is 0.497 e. The number of nitrogens with zero attached hydrogens (tertiary/aromatic N) is 1. The minimum atomic E-state index is -0.658. The van der Waals surface area contributed by atoms with Crippen LogP contribution in [-0.4, -0.2) is 44.9 Å². The molecule has 0 amide bonds. The highest BCUT2D eigenvalue weighted by Gasteiger charge is 2.09. The Labute approximate surface area is 174 Å². The van der Waals surface area contributed by atoms with Crippen molar-refractivity contribution in [1.82, 2.24) is 10.6 Å². The highest BCUT2D eigenvalue weighted by molar-refractivity contribution is 5.79. The molecule has 0 bridgehead atoms. The van der Waals surface area contributed by atoms with Crippen molar-refractivity contribution in [3.8, 4) is 11.5 Å². The first-order chi connectivity index (χ1) is 14.1. The van der Waals surface area contributed by atoms with Crippen LogP contribution in [0.3, 0.4) is 0 Å². The molecular formula is C23H33N3O3. The molecule has 6 nitrogen and oxygen atoms in total. The first kappa shape index (κ1) is 22.6. The molecule has 0 saturated heterocycles. The summed E-state index contributed by atoms with van der Waals surface area (Å²) in [5, 5.41) is 17.0. The summed E-state index contributed by atoms with van der Waals surface area (Å²) in [6.45, 7) is 6.07. The molecule has 0 saturated carbocycles. The minimum Gasteiger partial charge on any atom is -0.497 e. The van der Waals surface area contributed by atoms with Crippen molar-refractivity contribution in [2.45, 2.75) is 32.3 Å². The van der Waals surface area contributed by atoms with E-state index in [0.29, 0.717) is 11.9 Å². The molecule has 2 aromatic rings. The zero-order valence-electron chi connectivity index (χ0n) is 17.8. The molecular weight excluding hydrogens is 366 g/mol. The Kier molecular flexibility index (Phi) is 9.31. The maximum Gasteiger partial charge on any atom is 0.191 e. The molecule has 0 aromatic heterocycles. The summed E-state index contributed by atoms with van der Waals surface area (Å²) in [6.07, 6.45) is 0.312. The van der Waals surface area contributed by atoms with Gasteiger partial charge in [0.1, 0.15) is 11.5 Å². The predicted octanol–water partition coefficient (Wildman–Crippen LogP) is 3.49. The van der Waals surface area contributed by atoms with Crippen molar-refractivity contribution in [3.63, 3.8) is 0 Å². The first-order valence-electron chi connectivity index (χ1n) is 10.1. The first-order valence-corrected chi connectivity index (χ1v) is 10.1. The maximum atomic E-state index is 10.4. The number of guanidine groups is 1. The zero-order chi connectivity index (χ0) is 21.1. The second kappa shape index (κ2) is 12.0. The van der Waals surface area contributed by atoms with E-state index in [1.54, 1.807) is 14.2 Å². The van der Waals surface area contributed by atoms with E-state index in [4.69, 9.17) is 9.47 Å². The van der Waals surface area contributed by atoms with Gasteiger partial charge in [-0.05, 0) is 54.7 Å². The third kappa shape index (κ3) is 7.31. The van der Waals surface area contributed by atoms with E-state index in [9.17, 15) is 5.11 Å².